The minimum atomic E-state index is -4.36. The first-order valence-electron chi connectivity index (χ1n) is 4.37. The van der Waals surface area contributed by atoms with Gasteiger partial charge in [0.2, 0.25) is 0 Å². The van der Waals surface area contributed by atoms with Crippen molar-refractivity contribution in [2.75, 3.05) is 19.8 Å². The summed E-state index contributed by atoms with van der Waals surface area (Å²) in [4.78, 5) is 3.30. The van der Waals surface area contributed by atoms with E-state index in [1.807, 2.05) is 0 Å². The van der Waals surface area contributed by atoms with Crippen molar-refractivity contribution in [3.63, 3.8) is 0 Å². The smallest absolute Gasteiger partial charge is 0.411 e. The molecule has 0 bridgehead atoms. The molecule has 0 saturated heterocycles. The molecule has 1 aromatic rings. The van der Waals surface area contributed by atoms with Crippen LogP contribution in [0.15, 0.2) is 18.3 Å². The topological polar surface area (TPSA) is 31.4 Å². The maximum absolute atomic E-state index is 12.8. The fourth-order valence-corrected chi connectivity index (χ4v) is 0.877. The van der Waals surface area contributed by atoms with Crippen LogP contribution in [0.3, 0.4) is 0 Å². The molecule has 0 aliphatic carbocycles. The van der Waals surface area contributed by atoms with E-state index in [-0.39, 0.29) is 19.0 Å². The molecule has 1 rings (SSSR count). The Bertz CT molecular complexity index is 330. The maximum Gasteiger partial charge on any atom is 0.411 e. The normalized spacial score (nSPS) is 11.5. The van der Waals surface area contributed by atoms with Gasteiger partial charge in [-0.15, -0.1) is 0 Å². The molecule has 3 nitrogen and oxygen atoms in total. The largest absolute Gasteiger partial charge is 0.486 e. The summed E-state index contributed by atoms with van der Waals surface area (Å²) in [7, 11) is 0. The van der Waals surface area contributed by atoms with Crippen LogP contribution in [0.2, 0.25) is 0 Å². The standard InChI is InChI=1S/C9H9F4NO2/c10-8-7(2-1-3-14-8)16-5-4-15-6-9(11,12)13/h1-3H,4-6H2. The van der Waals surface area contributed by atoms with E-state index >= 15 is 0 Å². The van der Waals surface area contributed by atoms with Crippen LogP contribution >= 0.6 is 0 Å². The third kappa shape index (κ3) is 4.92. The van der Waals surface area contributed by atoms with Gasteiger partial charge in [0.1, 0.15) is 13.2 Å². The quantitative estimate of drug-likeness (QED) is 0.448. The van der Waals surface area contributed by atoms with E-state index in [0.717, 1.165) is 0 Å². The van der Waals surface area contributed by atoms with E-state index in [2.05, 4.69) is 9.72 Å². The highest BCUT2D eigenvalue weighted by molar-refractivity contribution is 5.17. The molecule has 1 aromatic heterocycles. The molecule has 0 aliphatic rings. The van der Waals surface area contributed by atoms with E-state index in [1.54, 1.807) is 0 Å². The number of hydrogen-bond donors (Lipinski definition) is 0. The highest BCUT2D eigenvalue weighted by atomic mass is 19.4. The summed E-state index contributed by atoms with van der Waals surface area (Å²) in [6.07, 6.45) is -3.12. The van der Waals surface area contributed by atoms with Crippen LogP contribution in [0.1, 0.15) is 0 Å². The number of hydrogen-bond acceptors (Lipinski definition) is 3. The molecule has 0 aromatic carbocycles. The van der Waals surface area contributed by atoms with Crippen LogP contribution in [0.5, 0.6) is 5.75 Å². The molecular formula is C9H9F4NO2. The Hall–Kier alpha value is -1.37. The molecule has 16 heavy (non-hydrogen) atoms. The monoisotopic (exact) mass is 239 g/mol. The highest BCUT2D eigenvalue weighted by Gasteiger charge is 2.27. The van der Waals surface area contributed by atoms with Gasteiger partial charge in [0, 0.05) is 6.20 Å². The zero-order chi connectivity index (χ0) is 12.0. The Balaban J connectivity index is 2.19. The molecule has 7 heteroatoms. The van der Waals surface area contributed by atoms with Gasteiger partial charge in [0.25, 0.3) is 5.95 Å². The summed E-state index contributed by atoms with van der Waals surface area (Å²) < 4.78 is 56.8. The number of pyridine rings is 1. The number of ether oxygens (including phenoxy) is 2. The van der Waals surface area contributed by atoms with Crippen LogP contribution in [0, 0.1) is 5.95 Å². The molecule has 0 saturated carbocycles. The third-order valence-electron chi connectivity index (χ3n) is 1.48. The van der Waals surface area contributed by atoms with Gasteiger partial charge in [-0.2, -0.15) is 17.6 Å². The summed E-state index contributed by atoms with van der Waals surface area (Å²) in [6.45, 7) is -1.78. The molecule has 0 amide bonds. The Morgan fingerprint density at radius 1 is 1.25 bits per heavy atom. The molecule has 1 heterocycles. The van der Waals surface area contributed by atoms with Gasteiger partial charge < -0.3 is 9.47 Å². The van der Waals surface area contributed by atoms with Crippen molar-refractivity contribution in [2.45, 2.75) is 6.18 Å². The zero-order valence-electron chi connectivity index (χ0n) is 8.13. The molecular weight excluding hydrogens is 230 g/mol. The lowest BCUT2D eigenvalue weighted by Crippen LogP contribution is -2.19. The van der Waals surface area contributed by atoms with Crippen LogP contribution in [-0.2, 0) is 4.74 Å². The van der Waals surface area contributed by atoms with Gasteiger partial charge in [-0.3, -0.25) is 0 Å². The molecule has 0 fully saturated rings. The zero-order valence-corrected chi connectivity index (χ0v) is 8.13. The Labute approximate surface area is 89.0 Å². The number of halogens is 4. The third-order valence-corrected chi connectivity index (χ3v) is 1.48. The minimum Gasteiger partial charge on any atom is -0.486 e. The molecule has 0 aliphatic heterocycles. The van der Waals surface area contributed by atoms with Crippen molar-refractivity contribution in [1.82, 2.24) is 4.98 Å². The van der Waals surface area contributed by atoms with E-state index in [0.29, 0.717) is 0 Å². The number of nitrogens with zero attached hydrogens (tertiary/aromatic N) is 1. The number of rotatable bonds is 5. The summed E-state index contributed by atoms with van der Waals surface area (Å²) in [5.74, 6) is -0.920. The second kappa shape index (κ2) is 5.64. The second-order valence-electron chi connectivity index (χ2n) is 2.81. The van der Waals surface area contributed by atoms with Gasteiger partial charge in [-0.25, -0.2) is 4.98 Å². The Morgan fingerprint density at radius 2 is 2.00 bits per heavy atom. The Kier molecular flexibility index (Phi) is 4.48. The van der Waals surface area contributed by atoms with E-state index in [9.17, 15) is 17.6 Å². The first-order valence-corrected chi connectivity index (χ1v) is 4.37. The van der Waals surface area contributed by atoms with Gasteiger partial charge >= 0.3 is 6.18 Å². The predicted molar refractivity (Wildman–Crippen MR) is 46.6 cm³/mol. The second-order valence-corrected chi connectivity index (χ2v) is 2.81. The van der Waals surface area contributed by atoms with Crippen molar-refractivity contribution in [2.24, 2.45) is 0 Å². The fraction of sp³-hybridized carbons (Fsp3) is 0.444. The lowest BCUT2D eigenvalue weighted by Gasteiger charge is -2.08. The van der Waals surface area contributed by atoms with Crippen LogP contribution in [-0.4, -0.2) is 31.0 Å². The SMILES string of the molecule is Fc1ncccc1OCCOCC(F)(F)F. The molecule has 0 N–H and O–H groups in total. The van der Waals surface area contributed by atoms with Gasteiger partial charge in [-0.1, -0.05) is 0 Å². The van der Waals surface area contributed by atoms with Crippen LogP contribution in [0.25, 0.3) is 0 Å². The first-order chi connectivity index (χ1) is 7.49. The van der Waals surface area contributed by atoms with Gasteiger partial charge in [0.15, 0.2) is 5.75 Å². The van der Waals surface area contributed by atoms with Crippen LogP contribution in [0.4, 0.5) is 17.6 Å². The lowest BCUT2D eigenvalue weighted by atomic mass is 10.4. The van der Waals surface area contributed by atoms with E-state index < -0.39 is 18.7 Å². The maximum atomic E-state index is 12.8. The van der Waals surface area contributed by atoms with Crippen molar-refractivity contribution in [3.8, 4) is 5.75 Å². The summed E-state index contributed by atoms with van der Waals surface area (Å²) in [5.41, 5.74) is 0. The summed E-state index contributed by atoms with van der Waals surface area (Å²) >= 11 is 0. The van der Waals surface area contributed by atoms with E-state index in [4.69, 9.17) is 4.74 Å². The average molecular weight is 239 g/mol. The number of aromatic nitrogens is 1. The van der Waals surface area contributed by atoms with E-state index in [1.165, 1.54) is 18.3 Å². The Morgan fingerprint density at radius 3 is 2.62 bits per heavy atom. The highest BCUT2D eigenvalue weighted by Crippen LogP contribution is 2.15. The van der Waals surface area contributed by atoms with Gasteiger partial charge in [0.05, 0.1) is 6.61 Å². The molecule has 0 atom stereocenters. The van der Waals surface area contributed by atoms with Crippen molar-refractivity contribution in [1.29, 1.82) is 0 Å². The molecule has 0 unspecified atom stereocenters. The predicted octanol–water partition coefficient (Wildman–Crippen LogP) is 2.18. The van der Waals surface area contributed by atoms with Crippen LogP contribution < -0.4 is 4.74 Å². The lowest BCUT2D eigenvalue weighted by molar-refractivity contribution is -0.175. The van der Waals surface area contributed by atoms with Crippen molar-refractivity contribution in [3.05, 3.63) is 24.3 Å². The number of alkyl halides is 3. The summed E-state index contributed by atoms with van der Waals surface area (Å²) in [6, 6.07) is 2.78. The summed E-state index contributed by atoms with van der Waals surface area (Å²) in [5, 5.41) is 0. The van der Waals surface area contributed by atoms with Crippen molar-refractivity contribution >= 4 is 0 Å². The first kappa shape index (κ1) is 12.7. The molecule has 0 radical (unpaired) electrons. The average Bonchev–Trinajstić information content (AvgIpc) is 2.18. The molecule has 0 spiro atoms. The molecule has 90 valence electrons. The minimum absolute atomic E-state index is 0.113. The fourth-order valence-electron chi connectivity index (χ4n) is 0.877. The van der Waals surface area contributed by atoms with Crippen molar-refractivity contribution < 1.29 is 27.0 Å². The van der Waals surface area contributed by atoms with Gasteiger partial charge in [-0.05, 0) is 12.1 Å².